The lowest BCUT2D eigenvalue weighted by atomic mass is 9.90. The number of carbonyl (C=O) groups excluding carboxylic acids is 1. The number of likely N-dealkylation sites (N-methyl/N-ethyl adjacent to an activating group) is 1. The zero-order valence-electron chi connectivity index (χ0n) is 10.7. The number of nitrogens with one attached hydrogen (secondary N) is 1. The molecular weight excluding hydrogens is 220 g/mol. The quantitative estimate of drug-likeness (QED) is 0.757. The molecule has 2 saturated heterocycles. The van der Waals surface area contributed by atoms with Gasteiger partial charge in [0.05, 0.1) is 12.6 Å². The number of carbonyl (C=O) groups is 1. The van der Waals surface area contributed by atoms with Crippen molar-refractivity contribution in [1.82, 2.24) is 10.2 Å². The molecule has 1 unspecified atom stereocenters. The Morgan fingerprint density at radius 3 is 2.71 bits per heavy atom. The molecule has 0 aromatic heterocycles. The molecule has 0 aromatic rings. The molecule has 17 heavy (non-hydrogen) atoms. The van der Waals surface area contributed by atoms with Gasteiger partial charge in [-0.15, -0.1) is 0 Å². The largest absolute Gasteiger partial charge is 0.379 e. The molecular formula is C12H22N2O3. The number of nitrogens with zero attached hydrogens (tertiary/aromatic N) is 1. The van der Waals surface area contributed by atoms with Crippen molar-refractivity contribution >= 4 is 5.91 Å². The standard InChI is InChI=1S/C12H22N2O3/c1-14(10-3-8-17-9-10)11(15)12(16-2)4-6-13-7-5-12/h10,13H,3-9H2,1-2H3. The van der Waals surface area contributed by atoms with Gasteiger partial charge in [-0.25, -0.2) is 0 Å². The number of hydrogen-bond acceptors (Lipinski definition) is 4. The van der Waals surface area contributed by atoms with E-state index in [0.29, 0.717) is 6.61 Å². The molecule has 98 valence electrons. The maximum absolute atomic E-state index is 12.6. The fourth-order valence-electron chi connectivity index (χ4n) is 2.65. The predicted molar refractivity (Wildman–Crippen MR) is 63.8 cm³/mol. The first-order valence-corrected chi connectivity index (χ1v) is 6.30. The molecule has 1 N–H and O–H groups in total. The van der Waals surface area contributed by atoms with Gasteiger partial charge in [0.15, 0.2) is 0 Å². The summed E-state index contributed by atoms with van der Waals surface area (Å²) < 4.78 is 10.9. The number of piperidine rings is 1. The van der Waals surface area contributed by atoms with Gasteiger partial charge in [-0.2, -0.15) is 0 Å². The molecule has 2 rings (SSSR count). The third kappa shape index (κ3) is 2.46. The van der Waals surface area contributed by atoms with E-state index in [0.717, 1.165) is 39.0 Å². The van der Waals surface area contributed by atoms with Crippen molar-refractivity contribution in [1.29, 1.82) is 0 Å². The zero-order valence-corrected chi connectivity index (χ0v) is 10.7. The molecule has 2 heterocycles. The highest BCUT2D eigenvalue weighted by Gasteiger charge is 2.43. The average molecular weight is 242 g/mol. The first-order chi connectivity index (χ1) is 8.19. The van der Waals surface area contributed by atoms with Crippen molar-refractivity contribution in [2.24, 2.45) is 0 Å². The molecule has 2 aliphatic heterocycles. The molecule has 0 aromatic carbocycles. The van der Waals surface area contributed by atoms with Crippen molar-refractivity contribution in [3.63, 3.8) is 0 Å². The fourth-order valence-corrected chi connectivity index (χ4v) is 2.65. The van der Waals surface area contributed by atoms with E-state index in [1.165, 1.54) is 0 Å². The lowest BCUT2D eigenvalue weighted by Gasteiger charge is -2.39. The van der Waals surface area contributed by atoms with E-state index in [9.17, 15) is 4.79 Å². The maximum Gasteiger partial charge on any atom is 0.254 e. The van der Waals surface area contributed by atoms with Crippen molar-refractivity contribution in [3.05, 3.63) is 0 Å². The molecule has 5 nitrogen and oxygen atoms in total. The van der Waals surface area contributed by atoms with Gasteiger partial charge in [0.1, 0.15) is 5.60 Å². The summed E-state index contributed by atoms with van der Waals surface area (Å²) in [6.45, 7) is 3.09. The van der Waals surface area contributed by atoms with Crippen LogP contribution >= 0.6 is 0 Å². The second-order valence-corrected chi connectivity index (χ2v) is 4.88. The lowest BCUT2D eigenvalue weighted by Crippen LogP contribution is -2.56. The number of hydrogen-bond donors (Lipinski definition) is 1. The summed E-state index contributed by atoms with van der Waals surface area (Å²) in [5.74, 6) is 0.108. The van der Waals surface area contributed by atoms with Gasteiger partial charge in [0.25, 0.3) is 5.91 Å². The molecule has 0 saturated carbocycles. The van der Waals surface area contributed by atoms with Crippen LogP contribution in [-0.2, 0) is 14.3 Å². The number of amides is 1. The smallest absolute Gasteiger partial charge is 0.254 e. The van der Waals surface area contributed by atoms with Crippen LogP contribution in [0.4, 0.5) is 0 Å². The van der Waals surface area contributed by atoms with Gasteiger partial charge in [0, 0.05) is 20.8 Å². The lowest BCUT2D eigenvalue weighted by molar-refractivity contribution is -0.159. The Labute approximate surface area is 102 Å². The van der Waals surface area contributed by atoms with Crippen LogP contribution in [-0.4, -0.2) is 62.9 Å². The van der Waals surface area contributed by atoms with E-state index in [1.807, 2.05) is 11.9 Å². The summed E-state index contributed by atoms with van der Waals surface area (Å²) in [6, 6.07) is 0.212. The molecule has 5 heteroatoms. The van der Waals surface area contributed by atoms with E-state index >= 15 is 0 Å². The third-order valence-electron chi connectivity index (χ3n) is 3.97. The average Bonchev–Trinajstić information content (AvgIpc) is 2.91. The Morgan fingerprint density at radius 2 is 2.18 bits per heavy atom. The molecule has 0 radical (unpaired) electrons. The molecule has 0 aliphatic carbocycles. The highest BCUT2D eigenvalue weighted by Crippen LogP contribution is 2.26. The molecule has 1 atom stereocenters. The van der Waals surface area contributed by atoms with Crippen LogP contribution in [0.2, 0.25) is 0 Å². The van der Waals surface area contributed by atoms with E-state index in [4.69, 9.17) is 9.47 Å². The van der Waals surface area contributed by atoms with Gasteiger partial charge >= 0.3 is 0 Å². The SMILES string of the molecule is COC1(C(=O)N(C)C2CCOC2)CCNCC1. The van der Waals surface area contributed by atoms with Gasteiger partial charge in [-0.3, -0.25) is 4.79 Å². The molecule has 1 amide bonds. The van der Waals surface area contributed by atoms with Crippen molar-refractivity contribution in [3.8, 4) is 0 Å². The van der Waals surface area contributed by atoms with E-state index < -0.39 is 5.60 Å². The Balaban J connectivity index is 2.04. The fraction of sp³-hybridized carbons (Fsp3) is 0.917. The molecule has 2 aliphatic rings. The van der Waals surface area contributed by atoms with Gasteiger partial charge in [-0.1, -0.05) is 0 Å². The van der Waals surface area contributed by atoms with Crippen LogP contribution < -0.4 is 5.32 Å². The minimum Gasteiger partial charge on any atom is -0.379 e. The Morgan fingerprint density at radius 1 is 1.47 bits per heavy atom. The zero-order chi connectivity index (χ0) is 12.3. The second kappa shape index (κ2) is 5.33. The molecule has 2 fully saturated rings. The summed E-state index contributed by atoms with van der Waals surface area (Å²) in [4.78, 5) is 14.4. The third-order valence-corrected chi connectivity index (χ3v) is 3.97. The summed E-state index contributed by atoms with van der Waals surface area (Å²) >= 11 is 0. The maximum atomic E-state index is 12.6. The summed E-state index contributed by atoms with van der Waals surface area (Å²) in [7, 11) is 3.51. The first kappa shape index (κ1) is 12.8. The highest BCUT2D eigenvalue weighted by molar-refractivity contribution is 5.85. The highest BCUT2D eigenvalue weighted by atomic mass is 16.5. The monoisotopic (exact) mass is 242 g/mol. The van der Waals surface area contributed by atoms with Gasteiger partial charge < -0.3 is 19.7 Å². The van der Waals surface area contributed by atoms with Crippen LogP contribution in [0.25, 0.3) is 0 Å². The Kier molecular flexibility index (Phi) is 4.01. The molecule has 0 bridgehead atoms. The van der Waals surface area contributed by atoms with Crippen LogP contribution in [0.15, 0.2) is 0 Å². The first-order valence-electron chi connectivity index (χ1n) is 6.30. The Bertz CT molecular complexity index is 271. The number of ether oxygens (including phenoxy) is 2. The minimum absolute atomic E-state index is 0.108. The second-order valence-electron chi connectivity index (χ2n) is 4.88. The summed E-state index contributed by atoms with van der Waals surface area (Å²) in [6.07, 6.45) is 2.43. The number of methoxy groups -OCH3 is 1. The van der Waals surface area contributed by atoms with Crippen LogP contribution in [0.1, 0.15) is 19.3 Å². The van der Waals surface area contributed by atoms with Crippen molar-refractivity contribution in [2.75, 3.05) is 40.5 Å². The predicted octanol–water partition coefficient (Wildman–Crippen LogP) is 0.00230. The van der Waals surface area contributed by atoms with Crippen molar-refractivity contribution in [2.45, 2.75) is 30.9 Å². The summed E-state index contributed by atoms with van der Waals surface area (Å²) in [5.41, 5.74) is -0.622. The van der Waals surface area contributed by atoms with Gasteiger partial charge in [0.2, 0.25) is 0 Å². The molecule has 0 spiro atoms. The topological polar surface area (TPSA) is 50.8 Å². The van der Waals surface area contributed by atoms with E-state index in [2.05, 4.69) is 5.32 Å². The Hall–Kier alpha value is -0.650. The minimum atomic E-state index is -0.622. The van der Waals surface area contributed by atoms with Crippen LogP contribution in [0.3, 0.4) is 0 Å². The van der Waals surface area contributed by atoms with Gasteiger partial charge in [-0.05, 0) is 32.4 Å². The van der Waals surface area contributed by atoms with E-state index in [1.54, 1.807) is 7.11 Å². The van der Waals surface area contributed by atoms with Crippen molar-refractivity contribution < 1.29 is 14.3 Å². The van der Waals surface area contributed by atoms with E-state index in [-0.39, 0.29) is 11.9 Å². The van der Waals surface area contributed by atoms with Crippen LogP contribution in [0.5, 0.6) is 0 Å². The normalized spacial score (nSPS) is 28.0. The van der Waals surface area contributed by atoms with Crippen LogP contribution in [0, 0.1) is 0 Å². The number of rotatable bonds is 3. The summed E-state index contributed by atoms with van der Waals surface area (Å²) in [5, 5.41) is 3.26.